The van der Waals surface area contributed by atoms with E-state index in [1.165, 1.54) is 13.8 Å². The quantitative estimate of drug-likeness (QED) is 0.683. The highest BCUT2D eigenvalue weighted by Crippen LogP contribution is 2.31. The molecule has 0 N–H and O–H groups in total. The van der Waals surface area contributed by atoms with Crippen molar-refractivity contribution in [2.45, 2.75) is 52.6 Å². The van der Waals surface area contributed by atoms with Gasteiger partial charge in [-0.3, -0.25) is 9.59 Å². The van der Waals surface area contributed by atoms with Gasteiger partial charge in [0, 0.05) is 19.8 Å². The van der Waals surface area contributed by atoms with Crippen LogP contribution in [-0.2, 0) is 23.8 Å². The van der Waals surface area contributed by atoms with Gasteiger partial charge in [-0.05, 0) is 6.42 Å². The second kappa shape index (κ2) is 5.30. The summed E-state index contributed by atoms with van der Waals surface area (Å²) in [7, 11) is 0. The molecule has 0 bridgehead atoms. The third-order valence-electron chi connectivity index (χ3n) is 2.67. The molecule has 1 unspecified atom stereocenters. The summed E-state index contributed by atoms with van der Waals surface area (Å²) in [6.45, 7) is 6.53. The van der Waals surface area contributed by atoms with Crippen LogP contribution in [0, 0.1) is 5.92 Å². The van der Waals surface area contributed by atoms with Gasteiger partial charge in [-0.15, -0.1) is 0 Å². The Morgan fingerprint density at radius 2 is 1.75 bits per heavy atom. The average molecular weight is 230 g/mol. The Hall–Kier alpha value is -1.10. The van der Waals surface area contributed by atoms with Crippen LogP contribution < -0.4 is 0 Å². The van der Waals surface area contributed by atoms with E-state index < -0.39 is 24.3 Å². The van der Waals surface area contributed by atoms with Crippen molar-refractivity contribution < 1.29 is 23.8 Å². The van der Waals surface area contributed by atoms with Crippen LogP contribution in [0.4, 0.5) is 0 Å². The maximum absolute atomic E-state index is 11.0. The number of rotatable bonds is 3. The second-order valence-electron chi connectivity index (χ2n) is 3.99. The predicted molar refractivity (Wildman–Crippen MR) is 55.4 cm³/mol. The molecular weight excluding hydrogens is 212 g/mol. The summed E-state index contributed by atoms with van der Waals surface area (Å²) in [6.07, 6.45) is -0.544. The van der Waals surface area contributed by atoms with Gasteiger partial charge in [0.05, 0.1) is 6.10 Å². The van der Waals surface area contributed by atoms with E-state index in [2.05, 4.69) is 0 Å². The van der Waals surface area contributed by atoms with Crippen molar-refractivity contribution in [3.8, 4) is 0 Å². The Morgan fingerprint density at radius 3 is 2.19 bits per heavy atom. The third-order valence-corrected chi connectivity index (χ3v) is 2.67. The highest BCUT2D eigenvalue weighted by Gasteiger charge is 2.45. The van der Waals surface area contributed by atoms with Gasteiger partial charge in [-0.2, -0.15) is 0 Å². The zero-order valence-corrected chi connectivity index (χ0v) is 10.1. The molecule has 4 atom stereocenters. The first-order chi connectivity index (χ1) is 7.45. The van der Waals surface area contributed by atoms with Crippen molar-refractivity contribution >= 4 is 11.9 Å². The molecule has 0 aliphatic carbocycles. The molecule has 0 aromatic rings. The highest BCUT2D eigenvalue weighted by atomic mass is 16.7. The largest absolute Gasteiger partial charge is 0.455 e. The lowest BCUT2D eigenvalue weighted by Gasteiger charge is -2.19. The van der Waals surface area contributed by atoms with Crippen molar-refractivity contribution in [3.63, 3.8) is 0 Å². The third kappa shape index (κ3) is 2.95. The predicted octanol–water partition coefficient (Wildman–Crippen LogP) is 1.25. The molecule has 0 amide bonds. The zero-order chi connectivity index (χ0) is 12.3. The molecule has 0 radical (unpaired) electrons. The summed E-state index contributed by atoms with van der Waals surface area (Å²) in [6, 6.07) is 0. The molecule has 1 saturated heterocycles. The van der Waals surface area contributed by atoms with Crippen LogP contribution in [0.2, 0.25) is 0 Å². The standard InChI is InChI=1S/C11H18O5/c1-5-9-6(2)10(14-7(3)12)11(16-9)15-8(4)13/h6,9-11H,5H2,1-4H3/t6-,9+,10?,11+/m0/s1. The molecule has 1 rings (SSSR count). The van der Waals surface area contributed by atoms with Gasteiger partial charge in [-0.25, -0.2) is 0 Å². The molecular formula is C11H18O5. The van der Waals surface area contributed by atoms with Crippen molar-refractivity contribution in [1.29, 1.82) is 0 Å². The topological polar surface area (TPSA) is 61.8 Å². The molecule has 5 heteroatoms. The van der Waals surface area contributed by atoms with Gasteiger partial charge >= 0.3 is 11.9 Å². The molecule has 0 spiro atoms. The summed E-state index contributed by atoms with van der Waals surface area (Å²) >= 11 is 0. The smallest absolute Gasteiger partial charge is 0.305 e. The fraction of sp³-hybridized carbons (Fsp3) is 0.818. The number of hydrogen-bond acceptors (Lipinski definition) is 5. The number of carbonyl (C=O) groups is 2. The summed E-state index contributed by atoms with van der Waals surface area (Å²) < 4.78 is 15.6. The number of esters is 2. The summed E-state index contributed by atoms with van der Waals surface area (Å²) in [5, 5.41) is 0. The van der Waals surface area contributed by atoms with Crippen LogP contribution in [0.25, 0.3) is 0 Å². The molecule has 1 aliphatic rings. The SMILES string of the molecule is CC[C@H]1O[C@@H](OC(C)=O)C(OC(C)=O)[C@H]1C. The van der Waals surface area contributed by atoms with Gasteiger partial charge in [-0.1, -0.05) is 13.8 Å². The molecule has 92 valence electrons. The van der Waals surface area contributed by atoms with Gasteiger partial charge in [0.2, 0.25) is 6.29 Å². The van der Waals surface area contributed by atoms with E-state index in [4.69, 9.17) is 14.2 Å². The van der Waals surface area contributed by atoms with Crippen molar-refractivity contribution in [2.75, 3.05) is 0 Å². The van der Waals surface area contributed by atoms with E-state index in [0.29, 0.717) is 0 Å². The first-order valence-electron chi connectivity index (χ1n) is 5.45. The van der Waals surface area contributed by atoms with Gasteiger partial charge in [0.15, 0.2) is 6.10 Å². The first-order valence-corrected chi connectivity index (χ1v) is 5.45. The van der Waals surface area contributed by atoms with Crippen LogP contribution in [0.5, 0.6) is 0 Å². The van der Waals surface area contributed by atoms with Crippen molar-refractivity contribution in [2.24, 2.45) is 5.92 Å². The van der Waals surface area contributed by atoms with Crippen molar-refractivity contribution in [3.05, 3.63) is 0 Å². The maximum Gasteiger partial charge on any atom is 0.305 e. The monoisotopic (exact) mass is 230 g/mol. The summed E-state index contributed by atoms with van der Waals surface area (Å²) in [5.41, 5.74) is 0. The number of hydrogen-bond donors (Lipinski definition) is 0. The van der Waals surface area contributed by atoms with Crippen LogP contribution in [0.1, 0.15) is 34.1 Å². The van der Waals surface area contributed by atoms with E-state index in [1.807, 2.05) is 13.8 Å². The lowest BCUT2D eigenvalue weighted by atomic mass is 9.99. The lowest BCUT2D eigenvalue weighted by Crippen LogP contribution is -2.33. The Bertz CT molecular complexity index is 276. The Labute approximate surface area is 95.0 Å². The second-order valence-corrected chi connectivity index (χ2v) is 3.99. The minimum absolute atomic E-state index is 0.0262. The van der Waals surface area contributed by atoms with E-state index in [1.54, 1.807) is 0 Å². The van der Waals surface area contributed by atoms with E-state index in [0.717, 1.165) is 6.42 Å². The van der Waals surface area contributed by atoms with E-state index in [-0.39, 0.29) is 12.0 Å². The highest BCUT2D eigenvalue weighted by molar-refractivity contribution is 5.67. The Balaban J connectivity index is 2.72. The molecule has 1 heterocycles. The van der Waals surface area contributed by atoms with Gasteiger partial charge in [0.1, 0.15) is 0 Å². The zero-order valence-electron chi connectivity index (χ0n) is 10.1. The molecule has 1 fully saturated rings. The molecule has 0 aromatic heterocycles. The first kappa shape index (κ1) is 13.0. The fourth-order valence-corrected chi connectivity index (χ4v) is 1.91. The summed E-state index contributed by atoms with van der Waals surface area (Å²) in [5.74, 6) is -0.807. The van der Waals surface area contributed by atoms with Crippen LogP contribution in [0.15, 0.2) is 0 Å². The molecule has 1 aliphatic heterocycles. The maximum atomic E-state index is 11.0. The lowest BCUT2D eigenvalue weighted by molar-refractivity contribution is -0.194. The normalized spacial score (nSPS) is 33.5. The van der Waals surface area contributed by atoms with Crippen LogP contribution in [0.3, 0.4) is 0 Å². The van der Waals surface area contributed by atoms with Gasteiger partial charge in [0.25, 0.3) is 0 Å². The van der Waals surface area contributed by atoms with Gasteiger partial charge < -0.3 is 14.2 Å². The average Bonchev–Trinajstić information content (AvgIpc) is 2.44. The minimum Gasteiger partial charge on any atom is -0.455 e. The number of ether oxygens (including phenoxy) is 3. The molecule has 0 saturated carbocycles. The molecule has 5 nitrogen and oxygen atoms in total. The minimum atomic E-state index is -0.777. The Kier molecular flexibility index (Phi) is 4.29. The Morgan fingerprint density at radius 1 is 1.19 bits per heavy atom. The number of carbonyl (C=O) groups excluding carboxylic acids is 2. The molecule has 0 aromatic carbocycles. The van der Waals surface area contributed by atoms with E-state index in [9.17, 15) is 9.59 Å². The molecule has 16 heavy (non-hydrogen) atoms. The van der Waals surface area contributed by atoms with Crippen molar-refractivity contribution in [1.82, 2.24) is 0 Å². The van der Waals surface area contributed by atoms with E-state index >= 15 is 0 Å². The fourth-order valence-electron chi connectivity index (χ4n) is 1.91. The van der Waals surface area contributed by atoms with Crippen LogP contribution in [-0.4, -0.2) is 30.4 Å². The van der Waals surface area contributed by atoms with Crippen LogP contribution >= 0.6 is 0 Å². The summed E-state index contributed by atoms with van der Waals surface area (Å²) in [4.78, 5) is 21.8.